The SMILES string of the molecule is Cc1nn(-c2ccccc2)c(C)c1/C=N\n1c(-c2cccc(Cl)c2)n[nH]c1=S. The molecule has 0 aliphatic carbocycles. The monoisotopic (exact) mass is 408 g/mol. The molecule has 4 rings (SSSR count). The van der Waals surface area contributed by atoms with Crippen molar-refractivity contribution in [1.82, 2.24) is 24.7 Å². The highest BCUT2D eigenvalue weighted by Gasteiger charge is 2.12. The van der Waals surface area contributed by atoms with Crippen LogP contribution in [0, 0.1) is 18.6 Å². The van der Waals surface area contributed by atoms with Crippen molar-refractivity contribution in [3.05, 3.63) is 81.3 Å². The Labute approximate surface area is 172 Å². The van der Waals surface area contributed by atoms with Gasteiger partial charge in [0.05, 0.1) is 23.3 Å². The van der Waals surface area contributed by atoms with Gasteiger partial charge in [0.25, 0.3) is 0 Å². The van der Waals surface area contributed by atoms with Crippen LogP contribution < -0.4 is 0 Å². The van der Waals surface area contributed by atoms with E-state index in [1.807, 2.05) is 73.1 Å². The van der Waals surface area contributed by atoms with E-state index in [9.17, 15) is 0 Å². The summed E-state index contributed by atoms with van der Waals surface area (Å²) in [4.78, 5) is 0. The number of rotatable bonds is 4. The van der Waals surface area contributed by atoms with Crippen molar-refractivity contribution >= 4 is 30.0 Å². The van der Waals surface area contributed by atoms with Gasteiger partial charge in [0.2, 0.25) is 4.77 Å². The van der Waals surface area contributed by atoms with Crippen molar-refractivity contribution in [2.24, 2.45) is 5.10 Å². The van der Waals surface area contributed by atoms with Gasteiger partial charge in [-0.15, -0.1) is 0 Å². The summed E-state index contributed by atoms with van der Waals surface area (Å²) < 4.78 is 3.89. The number of aromatic amines is 1. The Morgan fingerprint density at radius 3 is 2.64 bits per heavy atom. The quantitative estimate of drug-likeness (QED) is 0.384. The summed E-state index contributed by atoms with van der Waals surface area (Å²) >= 11 is 11.5. The van der Waals surface area contributed by atoms with Gasteiger partial charge in [-0.25, -0.2) is 9.78 Å². The topological polar surface area (TPSA) is 63.8 Å². The molecule has 0 saturated carbocycles. The molecule has 0 aliphatic rings. The molecule has 2 aromatic heterocycles. The van der Waals surface area contributed by atoms with Crippen LogP contribution in [0.2, 0.25) is 5.02 Å². The van der Waals surface area contributed by atoms with Crippen LogP contribution in [0.25, 0.3) is 17.1 Å². The molecular weight excluding hydrogens is 392 g/mol. The Morgan fingerprint density at radius 2 is 1.89 bits per heavy atom. The highest BCUT2D eigenvalue weighted by atomic mass is 35.5. The molecule has 2 aromatic carbocycles. The molecule has 0 fully saturated rings. The second-order valence-corrected chi connectivity index (χ2v) is 7.07. The predicted octanol–water partition coefficient (Wildman–Crippen LogP) is 4.95. The first-order valence-corrected chi connectivity index (χ1v) is 9.42. The Bertz CT molecular complexity index is 1220. The molecule has 0 radical (unpaired) electrons. The molecule has 140 valence electrons. The molecule has 1 N–H and O–H groups in total. The third kappa shape index (κ3) is 3.42. The number of aromatic nitrogens is 5. The largest absolute Gasteiger partial charge is 0.250 e. The van der Waals surface area contributed by atoms with Crippen molar-refractivity contribution in [2.45, 2.75) is 13.8 Å². The van der Waals surface area contributed by atoms with Gasteiger partial charge in [-0.2, -0.15) is 20.0 Å². The second kappa shape index (κ2) is 7.53. The van der Waals surface area contributed by atoms with E-state index < -0.39 is 0 Å². The minimum atomic E-state index is 0.400. The van der Waals surface area contributed by atoms with Crippen molar-refractivity contribution < 1.29 is 0 Å². The lowest BCUT2D eigenvalue weighted by molar-refractivity contribution is 0.833. The molecule has 6 nitrogen and oxygen atoms in total. The highest BCUT2D eigenvalue weighted by molar-refractivity contribution is 7.71. The smallest absolute Gasteiger partial charge is 0.216 e. The predicted molar refractivity (Wildman–Crippen MR) is 114 cm³/mol. The van der Waals surface area contributed by atoms with E-state index in [-0.39, 0.29) is 0 Å². The molecule has 0 saturated heterocycles. The summed E-state index contributed by atoms with van der Waals surface area (Å²) in [7, 11) is 0. The van der Waals surface area contributed by atoms with Gasteiger partial charge >= 0.3 is 0 Å². The average Bonchev–Trinajstić information content (AvgIpc) is 3.20. The number of benzene rings is 2. The van der Waals surface area contributed by atoms with E-state index in [0.717, 1.165) is 28.2 Å². The van der Waals surface area contributed by atoms with Crippen LogP contribution in [0.1, 0.15) is 17.0 Å². The summed E-state index contributed by atoms with van der Waals surface area (Å²) in [5, 5.41) is 16.9. The third-order valence-electron chi connectivity index (χ3n) is 4.38. The Kier molecular flexibility index (Phi) is 4.93. The zero-order valence-electron chi connectivity index (χ0n) is 15.3. The van der Waals surface area contributed by atoms with Crippen molar-refractivity contribution in [2.75, 3.05) is 0 Å². The van der Waals surface area contributed by atoms with Crippen LogP contribution in [0.15, 0.2) is 59.7 Å². The number of nitrogens with zero attached hydrogens (tertiary/aromatic N) is 5. The molecule has 0 spiro atoms. The van der Waals surface area contributed by atoms with E-state index in [1.165, 1.54) is 0 Å². The minimum Gasteiger partial charge on any atom is -0.250 e. The van der Waals surface area contributed by atoms with Gasteiger partial charge < -0.3 is 0 Å². The maximum atomic E-state index is 6.11. The van der Waals surface area contributed by atoms with Crippen LogP contribution >= 0.6 is 23.8 Å². The maximum Gasteiger partial charge on any atom is 0.216 e. The van der Waals surface area contributed by atoms with Crippen molar-refractivity contribution in [3.63, 3.8) is 0 Å². The summed E-state index contributed by atoms with van der Waals surface area (Å²) in [6.07, 6.45) is 1.76. The molecule has 0 amide bonds. The normalized spacial score (nSPS) is 11.4. The summed E-state index contributed by atoms with van der Waals surface area (Å²) in [6, 6.07) is 17.4. The van der Waals surface area contributed by atoms with Gasteiger partial charge in [-0.1, -0.05) is 41.9 Å². The van der Waals surface area contributed by atoms with E-state index in [4.69, 9.17) is 23.8 Å². The van der Waals surface area contributed by atoms with Crippen LogP contribution in [0.4, 0.5) is 0 Å². The first-order valence-electron chi connectivity index (χ1n) is 8.64. The number of halogens is 1. The van der Waals surface area contributed by atoms with Gasteiger partial charge in [-0.3, -0.25) is 0 Å². The zero-order chi connectivity index (χ0) is 19.7. The lowest BCUT2D eigenvalue weighted by Gasteiger charge is -2.04. The molecule has 28 heavy (non-hydrogen) atoms. The number of hydrogen-bond acceptors (Lipinski definition) is 4. The zero-order valence-corrected chi connectivity index (χ0v) is 16.9. The number of hydrogen-bond donors (Lipinski definition) is 1. The molecular formula is C20H17ClN6S. The number of nitrogens with one attached hydrogen (secondary N) is 1. The van der Waals surface area contributed by atoms with Crippen LogP contribution in [0.3, 0.4) is 0 Å². The molecule has 0 unspecified atom stereocenters. The molecule has 0 bridgehead atoms. The number of H-pyrrole nitrogens is 1. The number of para-hydroxylation sites is 1. The molecule has 0 atom stereocenters. The Balaban J connectivity index is 1.75. The van der Waals surface area contributed by atoms with Crippen molar-refractivity contribution in [3.8, 4) is 17.1 Å². The molecule has 0 aliphatic heterocycles. The Hall–Kier alpha value is -3.03. The minimum absolute atomic E-state index is 0.400. The average molecular weight is 409 g/mol. The summed E-state index contributed by atoms with van der Waals surface area (Å²) in [5.41, 5.74) is 4.63. The molecule has 2 heterocycles. The fourth-order valence-electron chi connectivity index (χ4n) is 2.99. The van der Waals surface area contributed by atoms with Gasteiger partial charge in [0.1, 0.15) is 0 Å². The van der Waals surface area contributed by atoms with E-state index >= 15 is 0 Å². The van der Waals surface area contributed by atoms with Crippen molar-refractivity contribution in [1.29, 1.82) is 0 Å². The van der Waals surface area contributed by atoms with Gasteiger partial charge in [0, 0.05) is 16.1 Å². The lowest BCUT2D eigenvalue weighted by Crippen LogP contribution is -1.99. The van der Waals surface area contributed by atoms with Gasteiger partial charge in [0.15, 0.2) is 5.82 Å². The van der Waals surface area contributed by atoms with E-state index in [1.54, 1.807) is 10.9 Å². The fraction of sp³-hybridized carbons (Fsp3) is 0.100. The first-order chi connectivity index (χ1) is 13.5. The van der Waals surface area contributed by atoms with Crippen LogP contribution in [0.5, 0.6) is 0 Å². The number of aryl methyl sites for hydroxylation is 1. The Morgan fingerprint density at radius 1 is 1.11 bits per heavy atom. The van der Waals surface area contributed by atoms with Gasteiger partial charge in [-0.05, 0) is 50.3 Å². The summed E-state index contributed by atoms with van der Waals surface area (Å²) in [6.45, 7) is 3.97. The lowest BCUT2D eigenvalue weighted by atomic mass is 10.2. The summed E-state index contributed by atoms with van der Waals surface area (Å²) in [5.74, 6) is 0.592. The first kappa shape index (κ1) is 18.3. The maximum absolute atomic E-state index is 6.11. The van der Waals surface area contributed by atoms with E-state index in [2.05, 4.69) is 20.4 Å². The van der Waals surface area contributed by atoms with Crippen LogP contribution in [-0.2, 0) is 0 Å². The molecule has 8 heteroatoms. The standard InChI is InChI=1S/C20H17ClN6S/c1-13-18(14(2)26(25-13)17-9-4-3-5-10-17)12-22-27-19(23-24-20(27)28)15-7-6-8-16(21)11-15/h3-12H,1-2H3,(H,24,28)/b22-12-. The van der Waals surface area contributed by atoms with E-state index in [0.29, 0.717) is 15.6 Å². The third-order valence-corrected chi connectivity index (χ3v) is 4.88. The van der Waals surface area contributed by atoms with Crippen LogP contribution in [-0.4, -0.2) is 30.9 Å². The molecule has 4 aromatic rings. The highest BCUT2D eigenvalue weighted by Crippen LogP contribution is 2.21. The second-order valence-electron chi connectivity index (χ2n) is 6.25. The fourth-order valence-corrected chi connectivity index (χ4v) is 3.36.